The average Bonchev–Trinajstić information content (AvgIpc) is 2.38. The summed E-state index contributed by atoms with van der Waals surface area (Å²) in [6.07, 6.45) is -25.5. The second kappa shape index (κ2) is 6.86. The van der Waals surface area contributed by atoms with Gasteiger partial charge in [-0.2, -0.15) is 26.3 Å². The molecule has 26 heavy (non-hydrogen) atoms. The normalized spacial score (nSPS) is 19.0. The Hall–Kier alpha value is -2.16. The molecule has 2 unspecified atom stereocenters. The summed E-state index contributed by atoms with van der Waals surface area (Å²) in [5.41, 5.74) is -21.6. The second-order valence-electron chi connectivity index (χ2n) is 4.38. The number of rotatable bonds is 6. The first-order valence-electron chi connectivity index (χ1n) is 5.57. The average molecular weight is 416 g/mol. The summed E-state index contributed by atoms with van der Waals surface area (Å²) in [5.74, 6) is -7.57. The minimum atomic E-state index is -7.12. The number of hydrogen-bond acceptors (Lipinski definition) is 2. The Bertz CT molecular complexity index is 554. The lowest BCUT2D eigenvalue weighted by molar-refractivity contribution is -0.262. The third-order valence-electron chi connectivity index (χ3n) is 2.83. The van der Waals surface area contributed by atoms with Crippen LogP contribution in [0, 0.1) is 0 Å². The summed E-state index contributed by atoms with van der Waals surface area (Å²) >= 11 is 0. The van der Waals surface area contributed by atoms with Crippen LogP contribution in [0.25, 0.3) is 0 Å². The van der Waals surface area contributed by atoms with Crippen LogP contribution in [0.15, 0.2) is 11.1 Å². The quantitative estimate of drug-likeness (QED) is 0.514. The zero-order valence-electron chi connectivity index (χ0n) is 11.4. The number of alkyl halides is 12. The van der Waals surface area contributed by atoms with Gasteiger partial charge in [-0.25, -0.2) is 35.9 Å². The van der Waals surface area contributed by atoms with E-state index < -0.39 is 59.6 Å². The van der Waals surface area contributed by atoms with Crippen molar-refractivity contribution in [3.05, 3.63) is 11.1 Å². The Morgan fingerprint density at radius 1 is 0.577 bits per heavy atom. The van der Waals surface area contributed by atoms with Gasteiger partial charge in [-0.1, -0.05) is 0 Å². The van der Waals surface area contributed by atoms with E-state index in [0.717, 1.165) is 0 Å². The van der Waals surface area contributed by atoms with Crippen molar-refractivity contribution in [2.45, 2.75) is 36.5 Å². The van der Waals surface area contributed by atoms with Crippen LogP contribution < -0.4 is 0 Å². The molecule has 0 heterocycles. The highest BCUT2D eigenvalue weighted by atomic mass is 19.4. The molecule has 0 radical (unpaired) electrons. The molecule has 4 nitrogen and oxygen atoms in total. The van der Waals surface area contributed by atoms with Crippen LogP contribution in [0.5, 0.6) is 0 Å². The van der Waals surface area contributed by atoms with Crippen molar-refractivity contribution < 1.29 is 72.5 Å². The van der Waals surface area contributed by atoms with Crippen LogP contribution in [0.3, 0.4) is 0 Å². The Morgan fingerprint density at radius 2 is 0.769 bits per heavy atom. The van der Waals surface area contributed by atoms with Crippen LogP contribution in [-0.2, 0) is 9.59 Å². The van der Waals surface area contributed by atoms with Gasteiger partial charge in [0.15, 0.2) is 0 Å². The molecule has 0 aliphatic rings. The van der Waals surface area contributed by atoms with Crippen LogP contribution in [-0.4, -0.2) is 58.7 Å². The number of carboxylic acid groups (broad SMARTS) is 2. The highest BCUT2D eigenvalue weighted by Crippen LogP contribution is 2.51. The maximum absolute atomic E-state index is 13.8. The molecule has 0 rings (SSSR count). The van der Waals surface area contributed by atoms with Crippen molar-refractivity contribution in [3.63, 3.8) is 0 Å². The molecule has 0 saturated carbocycles. The van der Waals surface area contributed by atoms with Crippen molar-refractivity contribution >= 4 is 11.9 Å². The summed E-state index contributed by atoms with van der Waals surface area (Å²) < 4.78 is 153. The smallest absolute Gasteiger partial charge is 0.432 e. The van der Waals surface area contributed by atoms with E-state index in [-0.39, 0.29) is 0 Å². The number of hydrogen-bond donors (Lipinski definition) is 2. The third-order valence-corrected chi connectivity index (χ3v) is 2.83. The second-order valence-corrected chi connectivity index (χ2v) is 4.38. The molecule has 2 N–H and O–H groups in total. The van der Waals surface area contributed by atoms with Gasteiger partial charge in [-0.15, -0.1) is 0 Å². The molecule has 0 spiro atoms. The zero-order valence-corrected chi connectivity index (χ0v) is 11.4. The summed E-state index contributed by atoms with van der Waals surface area (Å²) in [6.45, 7) is 0. The van der Waals surface area contributed by atoms with E-state index in [4.69, 9.17) is 10.2 Å². The molecular weight excluding hydrogens is 412 g/mol. The van der Waals surface area contributed by atoms with Gasteiger partial charge in [0.2, 0.25) is 0 Å². The van der Waals surface area contributed by atoms with Gasteiger partial charge in [0, 0.05) is 0 Å². The monoisotopic (exact) mass is 416 g/mol. The lowest BCUT2D eigenvalue weighted by atomic mass is 9.82. The molecule has 0 aromatic carbocycles. The molecule has 0 aliphatic heterocycles. The Labute approximate surface area is 133 Å². The lowest BCUT2D eigenvalue weighted by Gasteiger charge is -2.33. The fourth-order valence-corrected chi connectivity index (χ4v) is 1.64. The molecule has 152 valence electrons. The number of carboxylic acids is 2. The zero-order chi connectivity index (χ0) is 21.5. The number of carbonyl (C=O) groups is 2. The van der Waals surface area contributed by atoms with Gasteiger partial charge in [0.25, 0.3) is 24.2 Å². The van der Waals surface area contributed by atoms with Gasteiger partial charge in [0.05, 0.1) is 0 Å². The van der Waals surface area contributed by atoms with Gasteiger partial charge < -0.3 is 10.2 Å². The van der Waals surface area contributed by atoms with Crippen LogP contribution in [0.2, 0.25) is 0 Å². The first-order chi connectivity index (χ1) is 11.3. The standard InChI is InChI=1S/C10H4F12O4/c11-5(12)7(15,9(17,18)19)1(3(23)24)2(4(25)26)8(16,6(13)14)10(20,21)22/h5-6H,(H,23,24)(H,25,26)/b2-1-. The van der Waals surface area contributed by atoms with Crippen molar-refractivity contribution in [1.29, 1.82) is 0 Å². The van der Waals surface area contributed by atoms with E-state index in [2.05, 4.69) is 0 Å². The topological polar surface area (TPSA) is 74.6 Å². The van der Waals surface area contributed by atoms with E-state index in [1.54, 1.807) is 0 Å². The largest absolute Gasteiger partial charge is 0.478 e. The van der Waals surface area contributed by atoms with Gasteiger partial charge in [0.1, 0.15) is 11.1 Å². The number of halogens is 12. The first-order valence-corrected chi connectivity index (χ1v) is 5.57. The maximum atomic E-state index is 13.8. The van der Waals surface area contributed by atoms with Crippen molar-refractivity contribution in [2.75, 3.05) is 0 Å². The Balaban J connectivity index is 7.58. The predicted octanol–water partition coefficient (Wildman–Crippen LogP) is 3.52. The van der Waals surface area contributed by atoms with Crippen LogP contribution >= 0.6 is 0 Å². The highest BCUT2D eigenvalue weighted by Gasteiger charge is 2.74. The maximum Gasteiger partial charge on any atom is 0.432 e. The van der Waals surface area contributed by atoms with Crippen molar-refractivity contribution in [3.8, 4) is 0 Å². The first kappa shape index (κ1) is 23.8. The minimum absolute atomic E-state index is 3.78. The third kappa shape index (κ3) is 3.53. The summed E-state index contributed by atoms with van der Waals surface area (Å²) in [4.78, 5) is 21.3. The molecule has 2 atom stereocenters. The fourth-order valence-electron chi connectivity index (χ4n) is 1.64. The molecule has 0 saturated heterocycles. The van der Waals surface area contributed by atoms with E-state index in [1.165, 1.54) is 0 Å². The van der Waals surface area contributed by atoms with Crippen LogP contribution in [0.4, 0.5) is 52.7 Å². The molecule has 0 aliphatic carbocycles. The lowest BCUT2D eigenvalue weighted by Crippen LogP contribution is -2.57. The number of aliphatic carboxylic acids is 2. The van der Waals surface area contributed by atoms with Crippen LogP contribution in [0.1, 0.15) is 0 Å². The van der Waals surface area contributed by atoms with E-state index in [0.29, 0.717) is 0 Å². The molecular formula is C10H4F12O4. The van der Waals surface area contributed by atoms with Crippen molar-refractivity contribution in [1.82, 2.24) is 0 Å². The molecule has 0 aromatic heterocycles. The van der Waals surface area contributed by atoms with E-state index in [9.17, 15) is 62.3 Å². The summed E-state index contributed by atoms with van der Waals surface area (Å²) in [5, 5.41) is 16.8. The minimum Gasteiger partial charge on any atom is -0.478 e. The van der Waals surface area contributed by atoms with E-state index >= 15 is 0 Å². The van der Waals surface area contributed by atoms with Gasteiger partial charge in [-0.3, -0.25) is 0 Å². The van der Waals surface area contributed by atoms with Crippen molar-refractivity contribution in [2.24, 2.45) is 0 Å². The fraction of sp³-hybridized carbons (Fsp3) is 0.600. The molecule has 0 aromatic rings. The van der Waals surface area contributed by atoms with Gasteiger partial charge >= 0.3 is 24.3 Å². The Morgan fingerprint density at radius 3 is 0.846 bits per heavy atom. The van der Waals surface area contributed by atoms with Gasteiger partial charge in [-0.05, 0) is 0 Å². The molecule has 0 bridgehead atoms. The molecule has 16 heteroatoms. The predicted molar refractivity (Wildman–Crippen MR) is 54.1 cm³/mol. The summed E-state index contributed by atoms with van der Waals surface area (Å²) in [7, 11) is 0. The highest BCUT2D eigenvalue weighted by molar-refractivity contribution is 6.02. The Kier molecular flexibility index (Phi) is 6.29. The summed E-state index contributed by atoms with van der Waals surface area (Å²) in [6, 6.07) is 0. The SMILES string of the molecule is O=C(O)/C(=C(\C(=O)O)C(F)(C(F)F)C(F)(F)F)C(F)(C(F)F)C(F)(F)F. The molecule has 0 fully saturated rings. The van der Waals surface area contributed by atoms with E-state index in [1.807, 2.05) is 0 Å². The molecule has 0 amide bonds.